The molecule has 0 radical (unpaired) electrons. The lowest BCUT2D eigenvalue weighted by atomic mass is 10.0. The summed E-state index contributed by atoms with van der Waals surface area (Å²) in [6, 6.07) is 16.2. The van der Waals surface area contributed by atoms with Crippen LogP contribution in [0.15, 0.2) is 54.7 Å². The molecule has 0 bridgehead atoms. The van der Waals surface area contributed by atoms with Gasteiger partial charge in [0.05, 0.1) is 0 Å². The number of nitro groups is 1. The van der Waals surface area contributed by atoms with E-state index in [4.69, 9.17) is 4.74 Å². The van der Waals surface area contributed by atoms with E-state index in [-0.39, 0.29) is 11.7 Å². The number of ether oxygens (including phenoxy) is 1. The maximum atomic E-state index is 12.2. The highest BCUT2D eigenvalue weighted by molar-refractivity contribution is 5.95. The lowest BCUT2D eigenvalue weighted by Gasteiger charge is -2.24. The predicted molar refractivity (Wildman–Crippen MR) is 120 cm³/mol. The fourth-order valence-electron chi connectivity index (χ4n) is 3.68. The van der Waals surface area contributed by atoms with E-state index in [0.29, 0.717) is 31.3 Å². The average molecular weight is 435 g/mol. The maximum Gasteiger partial charge on any atom is 0.414 e. The van der Waals surface area contributed by atoms with E-state index in [1.807, 2.05) is 24.3 Å². The molecule has 2 aromatic carbocycles. The second kappa shape index (κ2) is 9.19. The lowest BCUT2D eigenvalue weighted by molar-refractivity contribution is -0.389. The monoisotopic (exact) mass is 435 g/mol. The van der Waals surface area contributed by atoms with Crippen LogP contribution < -0.4 is 4.74 Å². The van der Waals surface area contributed by atoms with Crippen molar-refractivity contribution >= 4 is 11.7 Å². The number of fused-ring (bicyclic) bond motifs is 1. The van der Waals surface area contributed by atoms with Crippen LogP contribution in [0.1, 0.15) is 15.9 Å². The molecule has 0 saturated carbocycles. The first-order valence-corrected chi connectivity index (χ1v) is 10.4. The molecule has 2 heterocycles. The van der Waals surface area contributed by atoms with Crippen LogP contribution in [-0.4, -0.2) is 64.0 Å². The zero-order valence-corrected chi connectivity index (χ0v) is 18.1. The number of imidazole rings is 1. The van der Waals surface area contributed by atoms with Crippen LogP contribution in [0.5, 0.6) is 6.01 Å². The van der Waals surface area contributed by atoms with E-state index < -0.39 is 4.92 Å². The molecule has 0 fully saturated rings. The van der Waals surface area contributed by atoms with E-state index >= 15 is 0 Å². The standard InChI is InChI=1S/C23H25N5O4/c1-25(2)22(29)20-5-3-4-19(14-20)18-8-6-17(7-9-18)15-26-10-11-27-16-21(28(30)31)24-23(27)32-13-12-26/h3-9,14,16H,10-13,15H2,1-2H3. The Morgan fingerprint density at radius 3 is 2.62 bits per heavy atom. The molecular formula is C23H25N5O4. The largest absolute Gasteiger partial charge is 0.444 e. The van der Waals surface area contributed by atoms with Gasteiger partial charge in [-0.05, 0) is 33.7 Å². The summed E-state index contributed by atoms with van der Waals surface area (Å²) in [4.78, 5) is 30.4. The average Bonchev–Trinajstić information content (AvgIpc) is 3.18. The minimum absolute atomic E-state index is 0.0193. The highest BCUT2D eigenvalue weighted by Gasteiger charge is 2.22. The molecule has 9 heteroatoms. The number of benzene rings is 2. The lowest BCUT2D eigenvalue weighted by Crippen LogP contribution is -2.33. The van der Waals surface area contributed by atoms with Gasteiger partial charge in [-0.25, -0.2) is 0 Å². The molecule has 1 aliphatic heterocycles. The van der Waals surface area contributed by atoms with Gasteiger partial charge in [-0.15, -0.1) is 0 Å². The Morgan fingerprint density at radius 2 is 1.91 bits per heavy atom. The van der Waals surface area contributed by atoms with Crippen molar-refractivity contribution in [3.8, 4) is 17.1 Å². The van der Waals surface area contributed by atoms with Gasteiger partial charge in [-0.1, -0.05) is 36.4 Å². The molecule has 0 spiro atoms. The van der Waals surface area contributed by atoms with Crippen LogP contribution in [0.25, 0.3) is 11.1 Å². The van der Waals surface area contributed by atoms with Crippen molar-refractivity contribution in [1.29, 1.82) is 0 Å². The van der Waals surface area contributed by atoms with Crippen LogP contribution in [-0.2, 0) is 13.1 Å². The van der Waals surface area contributed by atoms with Crippen LogP contribution >= 0.6 is 0 Å². The van der Waals surface area contributed by atoms with Gasteiger partial charge in [-0.2, -0.15) is 0 Å². The Balaban J connectivity index is 1.42. The van der Waals surface area contributed by atoms with Gasteiger partial charge in [0, 0.05) is 50.8 Å². The van der Waals surface area contributed by atoms with Gasteiger partial charge < -0.3 is 19.8 Å². The van der Waals surface area contributed by atoms with Crippen molar-refractivity contribution in [2.75, 3.05) is 33.8 Å². The van der Waals surface area contributed by atoms with E-state index in [1.165, 1.54) is 6.20 Å². The van der Waals surface area contributed by atoms with Gasteiger partial charge in [0.25, 0.3) is 5.91 Å². The summed E-state index contributed by atoms with van der Waals surface area (Å²) in [6.45, 7) is 3.17. The predicted octanol–water partition coefficient (Wildman–Crippen LogP) is 3.05. The second-order valence-electron chi connectivity index (χ2n) is 7.93. The SMILES string of the molecule is CN(C)C(=O)c1cccc(-c2ccc(CN3CCOc4nc([N+](=O)[O-])cn4CC3)cc2)c1. The molecule has 0 saturated heterocycles. The first kappa shape index (κ1) is 21.5. The number of hydrogen-bond acceptors (Lipinski definition) is 6. The summed E-state index contributed by atoms with van der Waals surface area (Å²) >= 11 is 0. The van der Waals surface area contributed by atoms with Crippen molar-refractivity contribution in [1.82, 2.24) is 19.4 Å². The molecule has 32 heavy (non-hydrogen) atoms. The van der Waals surface area contributed by atoms with Crippen LogP contribution in [0.4, 0.5) is 5.82 Å². The number of hydrogen-bond donors (Lipinski definition) is 0. The van der Waals surface area contributed by atoms with Crippen molar-refractivity contribution < 1.29 is 14.5 Å². The van der Waals surface area contributed by atoms with Gasteiger partial charge in [-0.3, -0.25) is 14.3 Å². The molecule has 0 aliphatic carbocycles. The number of carbonyl (C=O) groups excluding carboxylic acids is 1. The second-order valence-corrected chi connectivity index (χ2v) is 7.93. The number of nitrogens with zero attached hydrogens (tertiary/aromatic N) is 5. The summed E-state index contributed by atoms with van der Waals surface area (Å²) in [7, 11) is 3.49. The summed E-state index contributed by atoms with van der Waals surface area (Å²) in [5.74, 6) is -0.213. The van der Waals surface area contributed by atoms with Gasteiger partial charge in [0.1, 0.15) is 12.8 Å². The molecule has 0 N–H and O–H groups in total. The first-order valence-electron chi connectivity index (χ1n) is 10.4. The Labute approximate surface area is 186 Å². The number of aromatic nitrogens is 2. The molecule has 166 valence electrons. The van der Waals surface area contributed by atoms with Crippen molar-refractivity contribution in [2.45, 2.75) is 13.1 Å². The van der Waals surface area contributed by atoms with Gasteiger partial charge in [0.15, 0.2) is 0 Å². The third-order valence-electron chi connectivity index (χ3n) is 5.42. The fourth-order valence-corrected chi connectivity index (χ4v) is 3.68. The first-order chi connectivity index (χ1) is 15.4. The summed E-state index contributed by atoms with van der Waals surface area (Å²) < 4.78 is 7.32. The Bertz CT molecular complexity index is 1120. The molecule has 0 unspecified atom stereocenters. The van der Waals surface area contributed by atoms with E-state index in [2.05, 4.69) is 34.1 Å². The third kappa shape index (κ3) is 4.78. The zero-order chi connectivity index (χ0) is 22.7. The van der Waals surface area contributed by atoms with Crippen LogP contribution in [0, 0.1) is 10.1 Å². The van der Waals surface area contributed by atoms with Crippen molar-refractivity contribution in [3.05, 3.63) is 76.0 Å². The maximum absolute atomic E-state index is 12.2. The Hall–Kier alpha value is -3.72. The topological polar surface area (TPSA) is 93.7 Å². The van der Waals surface area contributed by atoms with Gasteiger partial charge >= 0.3 is 11.8 Å². The number of carbonyl (C=O) groups is 1. The number of amides is 1. The normalized spacial score (nSPS) is 14.1. The molecule has 4 rings (SSSR count). The molecule has 1 aromatic heterocycles. The van der Waals surface area contributed by atoms with E-state index in [0.717, 1.165) is 29.8 Å². The van der Waals surface area contributed by atoms with E-state index in [1.54, 1.807) is 23.6 Å². The Kier molecular flexibility index (Phi) is 6.18. The summed E-state index contributed by atoms with van der Waals surface area (Å²) in [5, 5.41) is 11.0. The highest BCUT2D eigenvalue weighted by atomic mass is 16.6. The summed E-state index contributed by atoms with van der Waals surface area (Å²) in [6.07, 6.45) is 1.42. The molecule has 3 aromatic rings. The molecular weight excluding hydrogens is 410 g/mol. The molecule has 1 aliphatic rings. The van der Waals surface area contributed by atoms with Crippen LogP contribution in [0.3, 0.4) is 0 Å². The third-order valence-corrected chi connectivity index (χ3v) is 5.42. The number of rotatable bonds is 5. The minimum atomic E-state index is -0.507. The fraction of sp³-hybridized carbons (Fsp3) is 0.304. The van der Waals surface area contributed by atoms with Gasteiger partial charge in [0.2, 0.25) is 0 Å². The van der Waals surface area contributed by atoms with Crippen LogP contribution in [0.2, 0.25) is 0 Å². The van der Waals surface area contributed by atoms with E-state index in [9.17, 15) is 14.9 Å². The summed E-state index contributed by atoms with van der Waals surface area (Å²) in [5.41, 5.74) is 3.87. The molecule has 1 amide bonds. The zero-order valence-electron chi connectivity index (χ0n) is 18.1. The van der Waals surface area contributed by atoms with Crippen molar-refractivity contribution in [2.24, 2.45) is 0 Å². The molecule has 0 atom stereocenters. The quantitative estimate of drug-likeness (QED) is 0.452. The molecule has 9 nitrogen and oxygen atoms in total. The minimum Gasteiger partial charge on any atom is -0.444 e. The van der Waals surface area contributed by atoms with Crippen molar-refractivity contribution in [3.63, 3.8) is 0 Å². The highest BCUT2D eigenvalue weighted by Crippen LogP contribution is 2.23. The smallest absolute Gasteiger partial charge is 0.414 e. The Morgan fingerprint density at radius 1 is 1.12 bits per heavy atom.